The Hall–Kier alpha value is -1.26. The minimum Gasteiger partial charge on any atom is -0.454 e. The molecule has 1 aliphatic heterocycles. The molecule has 0 amide bonds. The summed E-state index contributed by atoms with van der Waals surface area (Å²) in [7, 11) is 0. The molecule has 3 aliphatic rings. The average molecular weight is 359 g/mol. The van der Waals surface area contributed by atoms with Gasteiger partial charge >= 0.3 is 5.97 Å². The van der Waals surface area contributed by atoms with Crippen LogP contribution >= 0.6 is 11.8 Å². The lowest BCUT2D eigenvalue weighted by atomic mass is 9.58. The minimum atomic E-state index is -1.05. The molecule has 0 aromatic heterocycles. The van der Waals surface area contributed by atoms with E-state index in [9.17, 15) is 9.90 Å². The van der Waals surface area contributed by atoms with E-state index in [2.05, 4.69) is 13.8 Å². The van der Waals surface area contributed by atoms with Crippen molar-refractivity contribution in [1.29, 1.82) is 0 Å². The number of aliphatic hydroxyl groups is 1. The fourth-order valence-corrected chi connectivity index (χ4v) is 6.15. The van der Waals surface area contributed by atoms with Crippen LogP contribution in [-0.4, -0.2) is 28.5 Å². The third-order valence-electron chi connectivity index (χ3n) is 6.47. The number of hydrogen-bond acceptors (Lipinski definition) is 4. The summed E-state index contributed by atoms with van der Waals surface area (Å²) in [6.07, 6.45) is 4.52. The normalized spacial score (nSPS) is 37.5. The van der Waals surface area contributed by atoms with Gasteiger partial charge in [0.05, 0.1) is 5.92 Å². The summed E-state index contributed by atoms with van der Waals surface area (Å²) >= 11 is 1.63. The van der Waals surface area contributed by atoms with Crippen LogP contribution in [0.15, 0.2) is 46.4 Å². The van der Waals surface area contributed by atoms with Gasteiger partial charge in [-0.2, -0.15) is 0 Å². The number of thioether (sulfide) groups is 1. The lowest BCUT2D eigenvalue weighted by Gasteiger charge is -2.49. The Kier molecular flexibility index (Phi) is 4.24. The first-order chi connectivity index (χ1) is 11.9. The molecular formula is C21H26O3S. The molecule has 0 radical (unpaired) electrons. The van der Waals surface area contributed by atoms with Gasteiger partial charge in [-0.05, 0) is 62.1 Å². The van der Waals surface area contributed by atoms with Crippen LogP contribution in [0.25, 0.3) is 0 Å². The van der Waals surface area contributed by atoms with Gasteiger partial charge < -0.3 is 9.84 Å². The highest BCUT2D eigenvalue weighted by molar-refractivity contribution is 7.99. The van der Waals surface area contributed by atoms with Crippen LogP contribution in [0, 0.1) is 11.3 Å². The molecule has 134 valence electrons. The van der Waals surface area contributed by atoms with Crippen molar-refractivity contribution in [3.05, 3.63) is 41.5 Å². The lowest BCUT2D eigenvalue weighted by Crippen LogP contribution is -2.53. The largest absolute Gasteiger partial charge is 0.454 e. The first-order valence-electron chi connectivity index (χ1n) is 9.25. The molecule has 4 atom stereocenters. The molecule has 2 unspecified atom stereocenters. The molecule has 1 heterocycles. The number of fused-ring (bicyclic) bond motifs is 3. The maximum Gasteiger partial charge on any atom is 0.313 e. The topological polar surface area (TPSA) is 46.5 Å². The van der Waals surface area contributed by atoms with Gasteiger partial charge in [-0.1, -0.05) is 30.7 Å². The molecule has 0 spiro atoms. The molecule has 1 saturated heterocycles. The Bertz CT molecular complexity index is 713. The molecule has 4 heteroatoms. The standard InChI is InChI=1S/C21H26O3S/c1-14-7-6-10-20(2)11-12-21(23)16(19(22)24-18(21)17(14)20)13-25-15-8-4-3-5-9-15/h3-5,8-9,16,18,23H,6-7,10-13H2,1-2H3/t16?,18-,20+,21?/m0/s1. The molecule has 25 heavy (non-hydrogen) atoms. The molecule has 0 bridgehead atoms. The van der Waals surface area contributed by atoms with E-state index < -0.39 is 17.6 Å². The maximum absolute atomic E-state index is 12.6. The molecule has 1 N–H and O–H groups in total. The SMILES string of the molecule is CC1=C2[C@@H]3OC(=O)C(CSc4ccccc4)C3(O)CC[C@@]2(C)CCC1. The number of carbonyl (C=O) groups excluding carboxylic acids is 1. The number of benzene rings is 1. The summed E-state index contributed by atoms with van der Waals surface area (Å²) in [4.78, 5) is 13.8. The second-order valence-corrected chi connectivity index (χ2v) is 9.19. The zero-order valence-corrected chi connectivity index (χ0v) is 15.8. The van der Waals surface area contributed by atoms with E-state index >= 15 is 0 Å². The van der Waals surface area contributed by atoms with E-state index in [1.54, 1.807) is 11.8 Å². The summed E-state index contributed by atoms with van der Waals surface area (Å²) in [5, 5.41) is 11.5. The Morgan fingerprint density at radius 2 is 2.00 bits per heavy atom. The molecule has 1 saturated carbocycles. The minimum absolute atomic E-state index is 0.0843. The second kappa shape index (κ2) is 6.17. The second-order valence-electron chi connectivity index (χ2n) is 8.09. The Morgan fingerprint density at radius 3 is 2.76 bits per heavy atom. The van der Waals surface area contributed by atoms with Crippen molar-refractivity contribution >= 4 is 17.7 Å². The van der Waals surface area contributed by atoms with Gasteiger partial charge in [0.2, 0.25) is 0 Å². The number of esters is 1. The van der Waals surface area contributed by atoms with Gasteiger partial charge in [-0.25, -0.2) is 0 Å². The van der Waals surface area contributed by atoms with Gasteiger partial charge in [0.15, 0.2) is 6.10 Å². The van der Waals surface area contributed by atoms with E-state index in [-0.39, 0.29) is 11.4 Å². The van der Waals surface area contributed by atoms with Crippen molar-refractivity contribution in [1.82, 2.24) is 0 Å². The fraction of sp³-hybridized carbons (Fsp3) is 0.571. The fourth-order valence-electron chi connectivity index (χ4n) is 5.01. The molecule has 1 aromatic carbocycles. The Morgan fingerprint density at radius 1 is 1.24 bits per heavy atom. The summed E-state index contributed by atoms with van der Waals surface area (Å²) in [6.45, 7) is 4.43. The van der Waals surface area contributed by atoms with Gasteiger partial charge in [0.25, 0.3) is 0 Å². The van der Waals surface area contributed by atoms with E-state index in [1.165, 1.54) is 17.6 Å². The van der Waals surface area contributed by atoms with E-state index in [0.29, 0.717) is 12.2 Å². The van der Waals surface area contributed by atoms with Crippen molar-refractivity contribution in [2.75, 3.05) is 5.75 Å². The first kappa shape index (κ1) is 17.2. The smallest absolute Gasteiger partial charge is 0.313 e. The third-order valence-corrected chi connectivity index (χ3v) is 7.57. The zero-order valence-electron chi connectivity index (χ0n) is 15.0. The van der Waals surface area contributed by atoms with E-state index in [4.69, 9.17) is 4.74 Å². The number of carbonyl (C=O) groups is 1. The summed E-state index contributed by atoms with van der Waals surface area (Å²) in [5.74, 6) is -0.112. The monoisotopic (exact) mass is 358 g/mol. The van der Waals surface area contributed by atoms with Crippen LogP contribution in [0.5, 0.6) is 0 Å². The van der Waals surface area contributed by atoms with Crippen LogP contribution in [0.2, 0.25) is 0 Å². The molecule has 2 aliphatic carbocycles. The van der Waals surface area contributed by atoms with Gasteiger partial charge in [0, 0.05) is 10.6 Å². The summed E-state index contributed by atoms with van der Waals surface area (Å²) in [5.41, 5.74) is 1.57. The molecule has 3 nitrogen and oxygen atoms in total. The Labute approximate surface area is 153 Å². The predicted octanol–water partition coefficient (Wildman–Crippen LogP) is 4.35. The lowest BCUT2D eigenvalue weighted by molar-refractivity contribution is -0.143. The maximum atomic E-state index is 12.6. The van der Waals surface area contributed by atoms with Crippen LogP contribution in [0.3, 0.4) is 0 Å². The van der Waals surface area contributed by atoms with Crippen molar-refractivity contribution in [3.8, 4) is 0 Å². The number of allylic oxidation sites excluding steroid dienone is 1. The summed E-state index contributed by atoms with van der Waals surface area (Å²) < 4.78 is 5.81. The van der Waals surface area contributed by atoms with Crippen molar-refractivity contribution in [2.24, 2.45) is 11.3 Å². The molecule has 4 rings (SSSR count). The number of rotatable bonds is 3. The van der Waals surface area contributed by atoms with E-state index in [0.717, 1.165) is 24.2 Å². The van der Waals surface area contributed by atoms with Gasteiger partial charge in [-0.3, -0.25) is 4.79 Å². The molecule has 1 aromatic rings. The van der Waals surface area contributed by atoms with Gasteiger partial charge in [0.1, 0.15) is 5.60 Å². The van der Waals surface area contributed by atoms with Crippen molar-refractivity contribution in [2.45, 2.75) is 62.6 Å². The van der Waals surface area contributed by atoms with Crippen LogP contribution in [-0.2, 0) is 9.53 Å². The predicted molar refractivity (Wildman–Crippen MR) is 99.4 cm³/mol. The molecular weight excluding hydrogens is 332 g/mol. The van der Waals surface area contributed by atoms with Crippen molar-refractivity contribution in [3.63, 3.8) is 0 Å². The van der Waals surface area contributed by atoms with Gasteiger partial charge in [-0.15, -0.1) is 11.8 Å². The quantitative estimate of drug-likeness (QED) is 0.496. The molecule has 2 fully saturated rings. The summed E-state index contributed by atoms with van der Waals surface area (Å²) in [6, 6.07) is 10.1. The highest BCUT2D eigenvalue weighted by Crippen LogP contribution is 2.57. The first-order valence-corrected chi connectivity index (χ1v) is 10.2. The van der Waals surface area contributed by atoms with E-state index in [1.807, 2.05) is 30.3 Å². The highest BCUT2D eigenvalue weighted by Gasteiger charge is 2.62. The average Bonchev–Trinajstić information content (AvgIpc) is 2.84. The number of ether oxygens (including phenoxy) is 1. The Balaban J connectivity index is 1.61. The van der Waals surface area contributed by atoms with Crippen LogP contribution in [0.4, 0.5) is 0 Å². The highest BCUT2D eigenvalue weighted by atomic mass is 32.2. The number of hydrogen-bond donors (Lipinski definition) is 1. The van der Waals surface area contributed by atoms with Crippen molar-refractivity contribution < 1.29 is 14.6 Å². The zero-order chi connectivity index (χ0) is 17.7. The van der Waals surface area contributed by atoms with Crippen LogP contribution in [0.1, 0.15) is 46.0 Å². The van der Waals surface area contributed by atoms with Crippen LogP contribution < -0.4 is 0 Å². The third kappa shape index (κ3) is 2.74.